The van der Waals surface area contributed by atoms with Crippen LogP contribution in [0, 0.1) is 0 Å². The van der Waals surface area contributed by atoms with Crippen LogP contribution < -0.4 is 5.32 Å². The molecule has 0 aromatic rings. The molecule has 3 aliphatic rings. The van der Waals surface area contributed by atoms with Gasteiger partial charge in [-0.2, -0.15) is 0 Å². The number of piperidine rings is 1. The molecule has 0 saturated carbocycles. The lowest BCUT2D eigenvalue weighted by atomic mass is 10.1. The van der Waals surface area contributed by atoms with Gasteiger partial charge in [-0.25, -0.2) is 10.0 Å². The molecule has 3 aliphatic heterocycles. The van der Waals surface area contributed by atoms with Gasteiger partial charge in [-0.15, -0.1) is 0 Å². The molecule has 3 rings (SSSR count). The number of morpholine rings is 1. The summed E-state index contributed by atoms with van der Waals surface area (Å²) in [6.07, 6.45) is 4.67. The van der Waals surface area contributed by atoms with Crippen molar-refractivity contribution in [2.45, 2.75) is 25.4 Å². The molecule has 1 unspecified atom stereocenters. The maximum absolute atomic E-state index is 5.48. The largest absolute Gasteiger partial charge is 0.379 e. The molecule has 18 heavy (non-hydrogen) atoms. The number of hydrogen-bond acceptors (Lipinski definition) is 5. The van der Waals surface area contributed by atoms with Gasteiger partial charge in [0.25, 0.3) is 0 Å². The highest BCUT2D eigenvalue weighted by Gasteiger charge is 2.32. The maximum atomic E-state index is 5.48. The van der Waals surface area contributed by atoms with Crippen molar-refractivity contribution in [1.82, 2.24) is 20.2 Å². The highest BCUT2D eigenvalue weighted by atomic mass is 16.5. The van der Waals surface area contributed by atoms with Crippen molar-refractivity contribution in [1.29, 1.82) is 0 Å². The van der Waals surface area contributed by atoms with Crippen molar-refractivity contribution in [3.8, 4) is 0 Å². The maximum Gasteiger partial charge on any atom is 0.0888 e. The van der Waals surface area contributed by atoms with Crippen molar-refractivity contribution >= 4 is 0 Å². The number of ether oxygens (including phenoxy) is 1. The lowest BCUT2D eigenvalue weighted by Crippen LogP contribution is -2.66. The summed E-state index contributed by atoms with van der Waals surface area (Å²) in [4.78, 5) is 2.59. The zero-order valence-corrected chi connectivity index (χ0v) is 11.3. The van der Waals surface area contributed by atoms with E-state index in [9.17, 15) is 0 Å². The summed E-state index contributed by atoms with van der Waals surface area (Å²) in [5.74, 6) is 0. The first-order valence-electron chi connectivity index (χ1n) is 7.49. The number of hydrazine groups is 1. The fraction of sp³-hybridized carbons (Fsp3) is 1.00. The topological polar surface area (TPSA) is 31.0 Å². The van der Waals surface area contributed by atoms with Crippen LogP contribution in [0.1, 0.15) is 19.3 Å². The van der Waals surface area contributed by atoms with Gasteiger partial charge in [0.15, 0.2) is 0 Å². The fourth-order valence-electron chi connectivity index (χ4n) is 3.34. The Bertz CT molecular complexity index is 225. The van der Waals surface area contributed by atoms with Crippen LogP contribution in [0.15, 0.2) is 0 Å². The van der Waals surface area contributed by atoms with Gasteiger partial charge in [-0.05, 0) is 12.8 Å². The van der Waals surface area contributed by atoms with Crippen LogP contribution in [0.3, 0.4) is 0 Å². The van der Waals surface area contributed by atoms with Gasteiger partial charge in [-0.3, -0.25) is 4.90 Å². The average Bonchev–Trinajstić information content (AvgIpc) is 2.49. The smallest absolute Gasteiger partial charge is 0.0888 e. The Morgan fingerprint density at radius 1 is 0.889 bits per heavy atom. The molecule has 0 bridgehead atoms. The summed E-state index contributed by atoms with van der Waals surface area (Å²) < 4.78 is 5.48. The van der Waals surface area contributed by atoms with Crippen molar-refractivity contribution in [3.63, 3.8) is 0 Å². The van der Waals surface area contributed by atoms with E-state index >= 15 is 0 Å². The first-order valence-corrected chi connectivity index (χ1v) is 7.49. The molecule has 3 heterocycles. The normalized spacial score (nSPS) is 33.7. The van der Waals surface area contributed by atoms with Crippen molar-refractivity contribution in [3.05, 3.63) is 0 Å². The van der Waals surface area contributed by atoms with Crippen LogP contribution in [0.4, 0.5) is 0 Å². The molecule has 5 heteroatoms. The molecule has 0 amide bonds. The number of piperazine rings is 1. The van der Waals surface area contributed by atoms with Crippen LogP contribution >= 0.6 is 0 Å². The molecule has 5 nitrogen and oxygen atoms in total. The molecule has 3 fully saturated rings. The number of nitrogens with one attached hydrogen (secondary N) is 1. The Balaban J connectivity index is 1.64. The standard InChI is InChI=1S/C13H26N4O/c1-2-5-16(6-3-1)17-7-4-14-12-13(17)15-8-10-18-11-9-15/h13-14H,1-12H2. The molecule has 104 valence electrons. The summed E-state index contributed by atoms with van der Waals surface area (Å²) in [7, 11) is 0. The van der Waals surface area contributed by atoms with E-state index < -0.39 is 0 Å². The van der Waals surface area contributed by atoms with Crippen LogP contribution in [0.2, 0.25) is 0 Å². The summed E-state index contributed by atoms with van der Waals surface area (Å²) in [6, 6.07) is 0. The van der Waals surface area contributed by atoms with Crippen molar-refractivity contribution in [2.24, 2.45) is 0 Å². The SMILES string of the molecule is C1CCN(N2CCNCC2N2CCOCC2)CC1. The van der Waals surface area contributed by atoms with Gasteiger partial charge in [0.1, 0.15) is 0 Å². The molecule has 0 spiro atoms. The molecule has 0 radical (unpaired) electrons. The second-order valence-electron chi connectivity index (χ2n) is 5.51. The summed E-state index contributed by atoms with van der Waals surface area (Å²) >= 11 is 0. The average molecular weight is 254 g/mol. The van der Waals surface area contributed by atoms with E-state index in [2.05, 4.69) is 20.2 Å². The zero-order chi connectivity index (χ0) is 12.2. The van der Waals surface area contributed by atoms with Crippen molar-refractivity contribution in [2.75, 3.05) is 59.0 Å². The van der Waals surface area contributed by atoms with Gasteiger partial charge in [-0.1, -0.05) is 6.42 Å². The van der Waals surface area contributed by atoms with Crippen LogP contribution in [0.25, 0.3) is 0 Å². The predicted octanol–water partition coefficient (Wildman–Crippen LogP) is -0.0492. The minimum Gasteiger partial charge on any atom is -0.379 e. The lowest BCUT2D eigenvalue weighted by molar-refractivity contribution is -0.146. The minimum atomic E-state index is 0.542. The minimum absolute atomic E-state index is 0.542. The highest BCUT2D eigenvalue weighted by molar-refractivity contribution is 4.81. The molecular formula is C13H26N4O. The Morgan fingerprint density at radius 2 is 1.67 bits per heavy atom. The molecular weight excluding hydrogens is 228 g/mol. The van der Waals surface area contributed by atoms with Crippen LogP contribution in [-0.2, 0) is 4.74 Å². The first kappa shape index (κ1) is 12.8. The Morgan fingerprint density at radius 3 is 2.44 bits per heavy atom. The van der Waals surface area contributed by atoms with Gasteiger partial charge in [0.05, 0.1) is 19.4 Å². The van der Waals surface area contributed by atoms with E-state index in [0.717, 1.165) is 45.9 Å². The predicted molar refractivity (Wildman–Crippen MR) is 71.2 cm³/mol. The van der Waals surface area contributed by atoms with E-state index in [1.54, 1.807) is 0 Å². The van der Waals surface area contributed by atoms with Gasteiger partial charge in [0.2, 0.25) is 0 Å². The van der Waals surface area contributed by atoms with Gasteiger partial charge in [0, 0.05) is 45.8 Å². The third kappa shape index (κ3) is 2.86. The summed E-state index contributed by atoms with van der Waals surface area (Å²) in [5, 5.41) is 8.78. The molecule has 1 atom stereocenters. The molecule has 0 aliphatic carbocycles. The number of rotatable bonds is 2. The first-order chi connectivity index (χ1) is 8.95. The van der Waals surface area contributed by atoms with Crippen LogP contribution in [-0.4, -0.2) is 80.1 Å². The molecule has 0 aromatic heterocycles. The Kier molecular flexibility index (Phi) is 4.49. The lowest BCUT2D eigenvalue weighted by Gasteiger charge is -2.49. The van der Waals surface area contributed by atoms with E-state index in [1.165, 1.54) is 32.4 Å². The van der Waals surface area contributed by atoms with Gasteiger partial charge < -0.3 is 10.1 Å². The third-order valence-corrected chi connectivity index (χ3v) is 4.35. The molecule has 0 aromatic carbocycles. The van der Waals surface area contributed by atoms with E-state index in [1.807, 2.05) is 0 Å². The Hall–Kier alpha value is -0.200. The second kappa shape index (κ2) is 6.30. The monoisotopic (exact) mass is 254 g/mol. The highest BCUT2D eigenvalue weighted by Crippen LogP contribution is 2.18. The summed E-state index contributed by atoms with van der Waals surface area (Å²) in [5.41, 5.74) is 0. The summed E-state index contributed by atoms with van der Waals surface area (Å²) in [6.45, 7) is 9.82. The number of nitrogens with zero attached hydrogens (tertiary/aromatic N) is 3. The van der Waals surface area contributed by atoms with Crippen molar-refractivity contribution < 1.29 is 4.74 Å². The Labute approximate surface area is 110 Å². The second-order valence-corrected chi connectivity index (χ2v) is 5.51. The van der Waals surface area contributed by atoms with E-state index in [0.29, 0.717) is 6.17 Å². The van der Waals surface area contributed by atoms with Gasteiger partial charge >= 0.3 is 0 Å². The quantitative estimate of drug-likeness (QED) is 0.747. The number of hydrogen-bond donors (Lipinski definition) is 1. The zero-order valence-electron chi connectivity index (χ0n) is 11.3. The molecule has 1 N–H and O–H groups in total. The fourth-order valence-corrected chi connectivity index (χ4v) is 3.34. The van der Waals surface area contributed by atoms with E-state index in [4.69, 9.17) is 4.74 Å². The van der Waals surface area contributed by atoms with E-state index in [-0.39, 0.29) is 0 Å². The third-order valence-electron chi connectivity index (χ3n) is 4.35. The van der Waals surface area contributed by atoms with Crippen LogP contribution in [0.5, 0.6) is 0 Å². The molecule has 3 saturated heterocycles.